The monoisotopic (exact) mass is 291 g/mol. The molecule has 2 rings (SSSR count). The highest BCUT2D eigenvalue weighted by Crippen LogP contribution is 2.29. The highest BCUT2D eigenvalue weighted by atomic mass is 19.1. The molecule has 0 spiro atoms. The molecule has 1 aliphatic carbocycles. The van der Waals surface area contributed by atoms with Crippen LogP contribution in [0.3, 0.4) is 0 Å². The second-order valence-corrected chi connectivity index (χ2v) is 5.30. The van der Waals surface area contributed by atoms with Gasteiger partial charge in [-0.2, -0.15) is 0 Å². The number of carboxylic acid groups (broad SMARTS) is 1. The molecule has 0 saturated heterocycles. The highest BCUT2D eigenvalue weighted by molar-refractivity contribution is 5.85. The molecule has 1 aromatic rings. The molecule has 0 aromatic heterocycles. The van der Waals surface area contributed by atoms with Crippen LogP contribution < -0.4 is 5.32 Å². The Hall–Kier alpha value is -2.17. The number of amides is 1. The Morgan fingerprint density at radius 2 is 2.14 bits per heavy atom. The van der Waals surface area contributed by atoms with Crippen molar-refractivity contribution in [3.05, 3.63) is 41.2 Å². The quantitative estimate of drug-likeness (QED) is 0.792. The number of nitrogens with one attached hydrogen (secondary N) is 1. The van der Waals surface area contributed by atoms with Gasteiger partial charge in [-0.15, -0.1) is 0 Å². The Morgan fingerprint density at radius 1 is 1.38 bits per heavy atom. The lowest BCUT2D eigenvalue weighted by Gasteiger charge is -2.24. The largest absolute Gasteiger partial charge is 0.478 e. The van der Waals surface area contributed by atoms with Crippen molar-refractivity contribution in [3.63, 3.8) is 0 Å². The lowest BCUT2D eigenvalue weighted by Crippen LogP contribution is -2.27. The maximum atomic E-state index is 13.7. The molecule has 0 aliphatic heterocycles. The zero-order valence-corrected chi connectivity index (χ0v) is 11.6. The van der Waals surface area contributed by atoms with E-state index in [1.54, 1.807) is 6.07 Å². The van der Waals surface area contributed by atoms with E-state index in [0.717, 1.165) is 18.9 Å². The lowest BCUT2D eigenvalue weighted by molar-refractivity contribution is -0.131. The van der Waals surface area contributed by atoms with Crippen LogP contribution in [-0.2, 0) is 16.1 Å². The van der Waals surface area contributed by atoms with Gasteiger partial charge in [-0.05, 0) is 42.5 Å². The van der Waals surface area contributed by atoms with Crippen molar-refractivity contribution in [2.24, 2.45) is 5.92 Å². The maximum Gasteiger partial charge on any atom is 0.328 e. The van der Waals surface area contributed by atoms with E-state index in [0.29, 0.717) is 23.5 Å². The van der Waals surface area contributed by atoms with E-state index in [4.69, 9.17) is 5.11 Å². The summed E-state index contributed by atoms with van der Waals surface area (Å²) in [6, 6.07) is 4.31. The van der Waals surface area contributed by atoms with Crippen LogP contribution in [0.25, 0.3) is 6.08 Å². The molecular weight excluding hydrogens is 273 g/mol. The van der Waals surface area contributed by atoms with E-state index in [1.165, 1.54) is 24.6 Å². The molecule has 4 nitrogen and oxygen atoms in total. The van der Waals surface area contributed by atoms with Gasteiger partial charge in [0.05, 0.1) is 0 Å². The van der Waals surface area contributed by atoms with Crippen LogP contribution in [0.15, 0.2) is 24.3 Å². The first-order valence-electron chi connectivity index (χ1n) is 7.00. The van der Waals surface area contributed by atoms with E-state index < -0.39 is 11.8 Å². The Kier molecular flexibility index (Phi) is 5.09. The third-order valence-corrected chi connectivity index (χ3v) is 3.66. The summed E-state index contributed by atoms with van der Waals surface area (Å²) in [5.41, 5.74) is 0.937. The van der Waals surface area contributed by atoms with Crippen LogP contribution in [0.4, 0.5) is 4.39 Å². The number of carbonyl (C=O) groups is 2. The fraction of sp³-hybridized carbons (Fsp3) is 0.375. The number of carboxylic acids is 1. The number of aliphatic carboxylic acids is 1. The molecule has 1 aromatic carbocycles. The number of carbonyl (C=O) groups excluding carboxylic acids is 1. The molecule has 112 valence electrons. The fourth-order valence-electron chi connectivity index (χ4n) is 2.23. The van der Waals surface area contributed by atoms with Crippen LogP contribution in [0.2, 0.25) is 0 Å². The van der Waals surface area contributed by atoms with Gasteiger partial charge in [-0.1, -0.05) is 12.5 Å². The average molecular weight is 291 g/mol. The molecule has 0 atom stereocenters. The highest BCUT2D eigenvalue weighted by Gasteiger charge is 2.20. The molecule has 1 saturated carbocycles. The topological polar surface area (TPSA) is 66.4 Å². The zero-order chi connectivity index (χ0) is 15.2. The standard InChI is InChI=1S/C16H18FNO3/c17-14-6-4-12(5-7-16(20)21)8-13(14)10-18-15(19)9-11-2-1-3-11/h4-8,11H,1-3,9-10H2,(H,18,19)(H,20,21)/b7-5+. The number of hydrogen-bond donors (Lipinski definition) is 2. The molecule has 0 unspecified atom stereocenters. The third kappa shape index (κ3) is 4.70. The zero-order valence-electron chi connectivity index (χ0n) is 11.6. The predicted octanol–water partition coefficient (Wildman–Crippen LogP) is 2.73. The van der Waals surface area contributed by atoms with E-state index in [1.807, 2.05) is 0 Å². The van der Waals surface area contributed by atoms with Crippen molar-refractivity contribution >= 4 is 18.0 Å². The number of rotatable bonds is 6. The van der Waals surface area contributed by atoms with Gasteiger partial charge in [-0.25, -0.2) is 9.18 Å². The Morgan fingerprint density at radius 3 is 2.76 bits per heavy atom. The fourth-order valence-corrected chi connectivity index (χ4v) is 2.23. The summed E-state index contributed by atoms with van der Waals surface area (Å²) in [4.78, 5) is 22.2. The molecule has 1 aliphatic rings. The van der Waals surface area contributed by atoms with Crippen LogP contribution in [0, 0.1) is 11.7 Å². The van der Waals surface area contributed by atoms with Crippen molar-refractivity contribution in [1.29, 1.82) is 0 Å². The van der Waals surface area contributed by atoms with Crippen LogP contribution in [-0.4, -0.2) is 17.0 Å². The van der Waals surface area contributed by atoms with Crippen LogP contribution in [0.1, 0.15) is 36.8 Å². The second kappa shape index (κ2) is 7.02. The number of hydrogen-bond acceptors (Lipinski definition) is 2. The van der Waals surface area contributed by atoms with E-state index in [-0.39, 0.29) is 12.5 Å². The normalized spacial score (nSPS) is 14.9. The molecule has 0 heterocycles. The van der Waals surface area contributed by atoms with Gasteiger partial charge >= 0.3 is 5.97 Å². The van der Waals surface area contributed by atoms with Gasteiger partial charge in [-0.3, -0.25) is 4.79 Å². The lowest BCUT2D eigenvalue weighted by atomic mass is 9.83. The second-order valence-electron chi connectivity index (χ2n) is 5.30. The summed E-state index contributed by atoms with van der Waals surface area (Å²) >= 11 is 0. The van der Waals surface area contributed by atoms with Crippen LogP contribution in [0.5, 0.6) is 0 Å². The minimum atomic E-state index is -1.06. The summed E-state index contributed by atoms with van der Waals surface area (Å²) in [5.74, 6) is -1.06. The Bertz CT molecular complexity index is 565. The predicted molar refractivity (Wildman–Crippen MR) is 76.9 cm³/mol. The van der Waals surface area contributed by atoms with Crippen molar-refractivity contribution in [1.82, 2.24) is 5.32 Å². The molecule has 0 radical (unpaired) electrons. The SMILES string of the molecule is O=C(O)/C=C/c1ccc(F)c(CNC(=O)CC2CCC2)c1. The minimum Gasteiger partial charge on any atom is -0.478 e. The van der Waals surface area contributed by atoms with E-state index in [9.17, 15) is 14.0 Å². The smallest absolute Gasteiger partial charge is 0.328 e. The van der Waals surface area contributed by atoms with Crippen molar-refractivity contribution < 1.29 is 19.1 Å². The third-order valence-electron chi connectivity index (χ3n) is 3.66. The van der Waals surface area contributed by atoms with E-state index in [2.05, 4.69) is 5.32 Å². The first kappa shape index (κ1) is 15.2. The molecule has 21 heavy (non-hydrogen) atoms. The van der Waals surface area contributed by atoms with Crippen molar-refractivity contribution in [2.45, 2.75) is 32.2 Å². The molecule has 5 heteroatoms. The maximum absolute atomic E-state index is 13.7. The van der Waals surface area contributed by atoms with Crippen LogP contribution >= 0.6 is 0 Å². The van der Waals surface area contributed by atoms with Crippen molar-refractivity contribution in [3.8, 4) is 0 Å². The molecule has 1 fully saturated rings. The summed E-state index contributed by atoms with van der Waals surface area (Å²) in [7, 11) is 0. The van der Waals surface area contributed by atoms with Gasteiger partial charge in [0.1, 0.15) is 5.82 Å². The van der Waals surface area contributed by atoms with Crippen molar-refractivity contribution in [2.75, 3.05) is 0 Å². The Labute approximate surface area is 122 Å². The van der Waals surface area contributed by atoms with Gasteiger partial charge in [0.2, 0.25) is 5.91 Å². The summed E-state index contributed by atoms with van der Waals surface area (Å²) in [5, 5.41) is 11.3. The minimum absolute atomic E-state index is 0.0643. The molecule has 1 amide bonds. The summed E-state index contributed by atoms with van der Waals surface area (Å²) < 4.78 is 13.7. The van der Waals surface area contributed by atoms with Gasteiger partial charge < -0.3 is 10.4 Å². The van der Waals surface area contributed by atoms with E-state index >= 15 is 0 Å². The molecule has 0 bridgehead atoms. The summed E-state index contributed by atoms with van der Waals surface area (Å²) in [6.45, 7) is 0.117. The first-order chi connectivity index (χ1) is 10.0. The van der Waals surface area contributed by atoms with Gasteiger partial charge in [0.25, 0.3) is 0 Å². The molecular formula is C16H18FNO3. The summed E-state index contributed by atoms with van der Waals surface area (Å²) in [6.07, 6.45) is 6.26. The number of benzene rings is 1. The number of halogens is 1. The van der Waals surface area contributed by atoms with Gasteiger partial charge in [0.15, 0.2) is 0 Å². The average Bonchev–Trinajstić information content (AvgIpc) is 2.40. The van der Waals surface area contributed by atoms with Gasteiger partial charge in [0, 0.05) is 24.6 Å². The molecule has 2 N–H and O–H groups in total. The Balaban J connectivity index is 1.93. The first-order valence-corrected chi connectivity index (χ1v) is 7.00.